The van der Waals surface area contributed by atoms with Gasteiger partial charge in [0.25, 0.3) is 0 Å². The van der Waals surface area contributed by atoms with Gasteiger partial charge in [0.15, 0.2) is 5.82 Å². The quantitative estimate of drug-likeness (QED) is 0.795. The van der Waals surface area contributed by atoms with E-state index in [1.807, 2.05) is 4.90 Å². The number of aromatic nitrogens is 2. The highest BCUT2D eigenvalue weighted by molar-refractivity contribution is 5.93. The standard InChI is InChI=1S/C22H33N5O3/c1-15-14-26(20-13-23-18-9-11-25(2)12-10-19(18)24-20)22(30)27(15)17-6-3-16(4-7-17)5-8-21(28)29/h13,15-17H,3-12,14H2,1-2H3,(H,28,29). The van der Waals surface area contributed by atoms with E-state index in [2.05, 4.69) is 23.9 Å². The maximum Gasteiger partial charge on any atom is 0.326 e. The van der Waals surface area contributed by atoms with E-state index in [9.17, 15) is 9.59 Å². The minimum absolute atomic E-state index is 0.0384. The Kier molecular flexibility index (Phi) is 6.22. The highest BCUT2D eigenvalue weighted by Crippen LogP contribution is 2.34. The lowest BCUT2D eigenvalue weighted by Crippen LogP contribution is -2.44. The van der Waals surface area contributed by atoms with E-state index < -0.39 is 5.97 Å². The third-order valence-corrected chi connectivity index (χ3v) is 7.01. The first-order valence-corrected chi connectivity index (χ1v) is 11.3. The number of anilines is 1. The second-order valence-corrected chi connectivity index (χ2v) is 9.18. The summed E-state index contributed by atoms with van der Waals surface area (Å²) in [5.41, 5.74) is 2.08. The first kappa shape index (κ1) is 21.0. The molecule has 1 saturated heterocycles. The molecule has 1 aromatic heterocycles. The van der Waals surface area contributed by atoms with Crippen molar-refractivity contribution in [3.05, 3.63) is 17.6 Å². The molecule has 4 rings (SSSR count). The topological polar surface area (TPSA) is 89.9 Å². The lowest BCUT2D eigenvalue weighted by molar-refractivity contribution is -0.137. The number of nitrogens with zero attached hydrogens (tertiary/aromatic N) is 5. The highest BCUT2D eigenvalue weighted by atomic mass is 16.4. The highest BCUT2D eigenvalue weighted by Gasteiger charge is 2.41. The molecule has 3 aliphatic rings. The first-order chi connectivity index (χ1) is 14.4. The van der Waals surface area contributed by atoms with Crippen LogP contribution >= 0.6 is 0 Å². The largest absolute Gasteiger partial charge is 0.481 e. The van der Waals surface area contributed by atoms with Crippen LogP contribution in [0.4, 0.5) is 10.6 Å². The lowest BCUT2D eigenvalue weighted by Gasteiger charge is -2.36. The van der Waals surface area contributed by atoms with Crippen LogP contribution in [0.1, 0.15) is 56.8 Å². The SMILES string of the molecule is CC1CN(c2cnc3c(n2)CCN(C)CC3)C(=O)N1C1CCC(CCC(=O)O)CC1. The van der Waals surface area contributed by atoms with Crippen LogP contribution in [-0.4, -0.2) is 75.6 Å². The smallest absolute Gasteiger partial charge is 0.326 e. The number of aliphatic carboxylic acids is 1. The number of fused-ring (bicyclic) bond motifs is 1. The zero-order chi connectivity index (χ0) is 21.3. The predicted octanol–water partition coefficient (Wildman–Crippen LogP) is 2.56. The summed E-state index contributed by atoms with van der Waals surface area (Å²) in [7, 11) is 2.12. The number of urea groups is 1. The number of amides is 2. The van der Waals surface area contributed by atoms with Crippen molar-refractivity contribution in [2.45, 2.75) is 70.4 Å². The number of carbonyl (C=O) groups is 2. The summed E-state index contributed by atoms with van der Waals surface area (Å²) in [6, 6.07) is 0.419. The van der Waals surface area contributed by atoms with Gasteiger partial charge >= 0.3 is 12.0 Å². The summed E-state index contributed by atoms with van der Waals surface area (Å²) in [6.07, 6.45) is 8.44. The normalized spacial score (nSPS) is 27.8. The van der Waals surface area contributed by atoms with Gasteiger partial charge in [0, 0.05) is 51.0 Å². The number of likely N-dealkylation sites (N-methyl/N-ethyl adjacent to an activating group) is 1. The summed E-state index contributed by atoms with van der Waals surface area (Å²) in [6.45, 7) is 4.71. The fourth-order valence-corrected chi connectivity index (χ4v) is 5.19. The molecular formula is C22H33N5O3. The van der Waals surface area contributed by atoms with Gasteiger partial charge in [-0.1, -0.05) is 0 Å². The summed E-state index contributed by atoms with van der Waals surface area (Å²) in [4.78, 5) is 39.7. The molecule has 2 aliphatic heterocycles. The Morgan fingerprint density at radius 2 is 1.87 bits per heavy atom. The average Bonchev–Trinajstić information content (AvgIpc) is 2.90. The van der Waals surface area contributed by atoms with E-state index in [1.54, 1.807) is 11.1 Å². The Bertz CT molecular complexity index is 793. The second-order valence-electron chi connectivity index (χ2n) is 9.18. The molecule has 8 heteroatoms. The van der Waals surface area contributed by atoms with E-state index in [1.165, 1.54) is 0 Å². The molecule has 1 atom stereocenters. The van der Waals surface area contributed by atoms with E-state index in [-0.39, 0.29) is 24.5 Å². The number of carboxylic acid groups (broad SMARTS) is 1. The van der Waals surface area contributed by atoms with Gasteiger partial charge in [-0.25, -0.2) is 9.78 Å². The average molecular weight is 416 g/mol. The molecule has 1 saturated carbocycles. The third-order valence-electron chi connectivity index (χ3n) is 7.01. The van der Waals surface area contributed by atoms with Gasteiger partial charge in [-0.3, -0.25) is 14.7 Å². The molecule has 0 spiro atoms. The van der Waals surface area contributed by atoms with E-state index >= 15 is 0 Å². The molecule has 1 aliphatic carbocycles. The van der Waals surface area contributed by atoms with Crippen LogP contribution in [0.3, 0.4) is 0 Å². The van der Waals surface area contributed by atoms with Gasteiger partial charge in [0.2, 0.25) is 0 Å². The zero-order valence-corrected chi connectivity index (χ0v) is 18.1. The molecule has 0 bridgehead atoms. The van der Waals surface area contributed by atoms with Crippen molar-refractivity contribution < 1.29 is 14.7 Å². The van der Waals surface area contributed by atoms with Crippen LogP contribution in [0.5, 0.6) is 0 Å². The van der Waals surface area contributed by atoms with Gasteiger partial charge in [-0.2, -0.15) is 0 Å². The molecule has 0 aromatic carbocycles. The zero-order valence-electron chi connectivity index (χ0n) is 18.1. The fraction of sp³-hybridized carbons (Fsp3) is 0.727. The van der Waals surface area contributed by atoms with E-state index in [0.717, 1.165) is 69.4 Å². The van der Waals surface area contributed by atoms with Crippen LogP contribution in [0, 0.1) is 5.92 Å². The van der Waals surface area contributed by atoms with Crippen molar-refractivity contribution in [3.63, 3.8) is 0 Å². The first-order valence-electron chi connectivity index (χ1n) is 11.3. The molecule has 0 radical (unpaired) electrons. The summed E-state index contributed by atoms with van der Waals surface area (Å²) >= 11 is 0. The minimum Gasteiger partial charge on any atom is -0.481 e. The fourth-order valence-electron chi connectivity index (χ4n) is 5.19. The van der Waals surface area contributed by atoms with Crippen molar-refractivity contribution in [1.29, 1.82) is 0 Å². The lowest BCUT2D eigenvalue weighted by atomic mass is 9.82. The van der Waals surface area contributed by atoms with Crippen molar-refractivity contribution in [2.75, 3.05) is 31.6 Å². The Labute approximate surface area is 178 Å². The summed E-state index contributed by atoms with van der Waals surface area (Å²) in [5, 5.41) is 8.91. The van der Waals surface area contributed by atoms with Gasteiger partial charge in [-0.15, -0.1) is 0 Å². The molecule has 3 heterocycles. The van der Waals surface area contributed by atoms with Gasteiger partial charge in [0.1, 0.15) is 0 Å². The van der Waals surface area contributed by atoms with Crippen LogP contribution in [0.15, 0.2) is 6.20 Å². The summed E-state index contributed by atoms with van der Waals surface area (Å²) < 4.78 is 0. The van der Waals surface area contributed by atoms with Gasteiger partial charge in [0.05, 0.1) is 17.6 Å². The Morgan fingerprint density at radius 1 is 1.17 bits per heavy atom. The van der Waals surface area contributed by atoms with Crippen LogP contribution < -0.4 is 4.90 Å². The van der Waals surface area contributed by atoms with E-state index in [4.69, 9.17) is 10.1 Å². The van der Waals surface area contributed by atoms with Crippen molar-refractivity contribution in [3.8, 4) is 0 Å². The number of hydrogen-bond acceptors (Lipinski definition) is 5. The van der Waals surface area contributed by atoms with Crippen LogP contribution in [-0.2, 0) is 17.6 Å². The van der Waals surface area contributed by atoms with Crippen LogP contribution in [0.25, 0.3) is 0 Å². The molecule has 1 aromatic rings. The minimum atomic E-state index is -0.718. The molecule has 2 fully saturated rings. The molecule has 30 heavy (non-hydrogen) atoms. The number of carboxylic acids is 1. The van der Waals surface area contributed by atoms with Crippen molar-refractivity contribution in [2.24, 2.45) is 5.92 Å². The van der Waals surface area contributed by atoms with E-state index in [0.29, 0.717) is 18.3 Å². The monoisotopic (exact) mass is 415 g/mol. The number of hydrogen-bond donors (Lipinski definition) is 1. The maximum atomic E-state index is 13.3. The molecular weight excluding hydrogens is 382 g/mol. The predicted molar refractivity (Wildman–Crippen MR) is 114 cm³/mol. The molecule has 2 amide bonds. The Morgan fingerprint density at radius 3 is 2.57 bits per heavy atom. The van der Waals surface area contributed by atoms with Gasteiger partial charge < -0.3 is 14.9 Å². The third kappa shape index (κ3) is 4.43. The Balaban J connectivity index is 1.41. The number of carbonyl (C=O) groups excluding carboxylic acids is 1. The van der Waals surface area contributed by atoms with Crippen molar-refractivity contribution >= 4 is 17.8 Å². The molecule has 164 valence electrons. The maximum absolute atomic E-state index is 13.3. The summed E-state index contributed by atoms with van der Waals surface area (Å²) in [5.74, 6) is 0.424. The van der Waals surface area contributed by atoms with Crippen LogP contribution in [0.2, 0.25) is 0 Å². The van der Waals surface area contributed by atoms with Gasteiger partial charge in [-0.05, 0) is 52.0 Å². The molecule has 1 unspecified atom stereocenters. The number of rotatable bonds is 5. The second kappa shape index (κ2) is 8.88. The molecule has 8 nitrogen and oxygen atoms in total. The molecule has 1 N–H and O–H groups in total. The Hall–Kier alpha value is -2.22. The van der Waals surface area contributed by atoms with Crippen molar-refractivity contribution in [1.82, 2.24) is 19.8 Å².